The van der Waals surface area contributed by atoms with E-state index in [0.717, 1.165) is 30.7 Å². The van der Waals surface area contributed by atoms with Crippen molar-refractivity contribution in [2.24, 2.45) is 0 Å². The van der Waals surface area contributed by atoms with E-state index in [1.165, 1.54) is 6.33 Å². The van der Waals surface area contributed by atoms with Crippen LogP contribution in [0.4, 0.5) is 5.82 Å². The fourth-order valence-corrected chi connectivity index (χ4v) is 1.55. The molecule has 0 unspecified atom stereocenters. The number of rotatable bonds is 6. The molecule has 84 valence electrons. The van der Waals surface area contributed by atoms with Crippen LogP contribution in [0.1, 0.15) is 13.3 Å². The third-order valence-corrected chi connectivity index (χ3v) is 2.66. The van der Waals surface area contributed by atoms with Crippen LogP contribution in [-0.4, -0.2) is 35.5 Å². The molecule has 0 saturated carbocycles. The molecule has 0 aliphatic rings. The maximum atomic E-state index is 5.07. The van der Waals surface area contributed by atoms with Crippen LogP contribution in [0.15, 0.2) is 12.4 Å². The molecule has 4 nitrogen and oxygen atoms in total. The largest absolute Gasteiger partial charge is 0.481 e. The first-order valence-corrected chi connectivity index (χ1v) is 6.11. The quantitative estimate of drug-likeness (QED) is 0.744. The molecule has 1 heterocycles. The summed E-state index contributed by atoms with van der Waals surface area (Å²) in [6.07, 6.45) is 2.63. The summed E-state index contributed by atoms with van der Waals surface area (Å²) < 4.78 is 5.07. The molecule has 0 atom stereocenters. The number of halogens is 1. The number of ether oxygens (including phenoxy) is 1. The minimum atomic E-state index is 0.609. The second kappa shape index (κ2) is 6.61. The van der Waals surface area contributed by atoms with E-state index in [0.29, 0.717) is 5.88 Å². The van der Waals surface area contributed by atoms with Crippen LogP contribution in [-0.2, 0) is 0 Å². The third-order valence-electron chi connectivity index (χ3n) is 2.10. The van der Waals surface area contributed by atoms with Crippen LogP contribution >= 0.6 is 15.9 Å². The standard InChI is InChI=1S/C10H16BrN3O/c1-3-14(6-4-5-11)9-7-10(15-2)13-8-12-9/h7-8H,3-6H2,1-2H3. The van der Waals surface area contributed by atoms with E-state index >= 15 is 0 Å². The number of hydrogen-bond donors (Lipinski definition) is 0. The Morgan fingerprint density at radius 1 is 1.47 bits per heavy atom. The molecule has 1 aromatic heterocycles. The van der Waals surface area contributed by atoms with Crippen molar-refractivity contribution < 1.29 is 4.74 Å². The van der Waals surface area contributed by atoms with E-state index in [1.54, 1.807) is 7.11 Å². The van der Waals surface area contributed by atoms with Crippen molar-refractivity contribution in [2.45, 2.75) is 13.3 Å². The van der Waals surface area contributed by atoms with Crippen molar-refractivity contribution in [2.75, 3.05) is 30.4 Å². The first-order chi connectivity index (χ1) is 7.31. The summed E-state index contributed by atoms with van der Waals surface area (Å²) in [6.45, 7) is 4.04. The van der Waals surface area contributed by atoms with E-state index in [4.69, 9.17) is 4.74 Å². The van der Waals surface area contributed by atoms with Crippen LogP contribution in [0.25, 0.3) is 0 Å². The van der Waals surface area contributed by atoms with Gasteiger partial charge in [0.2, 0.25) is 5.88 Å². The van der Waals surface area contributed by atoms with Gasteiger partial charge < -0.3 is 9.64 Å². The molecule has 15 heavy (non-hydrogen) atoms. The molecular formula is C10H16BrN3O. The van der Waals surface area contributed by atoms with Crippen molar-refractivity contribution in [3.63, 3.8) is 0 Å². The first kappa shape index (κ1) is 12.2. The van der Waals surface area contributed by atoms with Gasteiger partial charge in [-0.15, -0.1) is 0 Å². The number of methoxy groups -OCH3 is 1. The van der Waals surface area contributed by atoms with E-state index in [-0.39, 0.29) is 0 Å². The normalized spacial score (nSPS) is 10.1. The van der Waals surface area contributed by atoms with Gasteiger partial charge in [0.05, 0.1) is 7.11 Å². The molecule has 0 amide bonds. The summed E-state index contributed by atoms with van der Waals surface area (Å²) in [5, 5.41) is 1.01. The predicted molar refractivity (Wildman–Crippen MR) is 64.9 cm³/mol. The average Bonchev–Trinajstić information content (AvgIpc) is 2.30. The Morgan fingerprint density at radius 3 is 2.87 bits per heavy atom. The van der Waals surface area contributed by atoms with Crippen molar-refractivity contribution in [3.8, 4) is 5.88 Å². The summed E-state index contributed by atoms with van der Waals surface area (Å²) in [5.41, 5.74) is 0. The van der Waals surface area contributed by atoms with Crippen molar-refractivity contribution in [1.29, 1.82) is 0 Å². The van der Waals surface area contributed by atoms with Gasteiger partial charge in [-0.1, -0.05) is 15.9 Å². The Morgan fingerprint density at radius 2 is 2.27 bits per heavy atom. The summed E-state index contributed by atoms with van der Waals surface area (Å²) >= 11 is 3.42. The molecule has 0 fully saturated rings. The minimum Gasteiger partial charge on any atom is -0.481 e. The third kappa shape index (κ3) is 3.66. The lowest BCUT2D eigenvalue weighted by molar-refractivity contribution is 0.396. The zero-order valence-corrected chi connectivity index (χ0v) is 10.7. The Balaban J connectivity index is 2.72. The molecule has 0 aliphatic heterocycles. The van der Waals surface area contributed by atoms with Gasteiger partial charge in [0.1, 0.15) is 12.1 Å². The molecule has 0 saturated heterocycles. The molecule has 5 heteroatoms. The lowest BCUT2D eigenvalue weighted by Crippen LogP contribution is -2.25. The van der Waals surface area contributed by atoms with Crippen LogP contribution in [0.2, 0.25) is 0 Å². The van der Waals surface area contributed by atoms with Gasteiger partial charge in [-0.3, -0.25) is 0 Å². The van der Waals surface area contributed by atoms with E-state index in [9.17, 15) is 0 Å². The number of anilines is 1. The summed E-state index contributed by atoms with van der Waals surface area (Å²) in [4.78, 5) is 10.4. The Hall–Kier alpha value is -0.840. The summed E-state index contributed by atoms with van der Waals surface area (Å²) in [6, 6.07) is 1.86. The number of aromatic nitrogens is 2. The summed E-state index contributed by atoms with van der Waals surface area (Å²) in [7, 11) is 1.61. The molecule has 1 rings (SSSR count). The minimum absolute atomic E-state index is 0.609. The van der Waals surface area contributed by atoms with Gasteiger partial charge in [0, 0.05) is 24.5 Å². The van der Waals surface area contributed by atoms with Crippen molar-refractivity contribution in [1.82, 2.24) is 9.97 Å². The monoisotopic (exact) mass is 273 g/mol. The van der Waals surface area contributed by atoms with Gasteiger partial charge in [-0.2, -0.15) is 0 Å². The van der Waals surface area contributed by atoms with Gasteiger partial charge in [-0.25, -0.2) is 9.97 Å². The van der Waals surface area contributed by atoms with Crippen LogP contribution in [0.5, 0.6) is 5.88 Å². The highest BCUT2D eigenvalue weighted by Crippen LogP contribution is 2.15. The van der Waals surface area contributed by atoms with Crippen LogP contribution in [0.3, 0.4) is 0 Å². The fourth-order valence-electron chi connectivity index (χ4n) is 1.30. The maximum absolute atomic E-state index is 5.07. The fraction of sp³-hybridized carbons (Fsp3) is 0.600. The van der Waals surface area contributed by atoms with Crippen LogP contribution < -0.4 is 9.64 Å². The smallest absolute Gasteiger partial charge is 0.218 e. The lowest BCUT2D eigenvalue weighted by atomic mass is 10.4. The molecule has 0 aliphatic carbocycles. The molecule has 0 bridgehead atoms. The summed E-state index contributed by atoms with van der Waals surface area (Å²) in [5.74, 6) is 1.53. The van der Waals surface area contributed by atoms with Crippen molar-refractivity contribution >= 4 is 21.7 Å². The number of hydrogen-bond acceptors (Lipinski definition) is 4. The molecule has 0 radical (unpaired) electrons. The first-order valence-electron chi connectivity index (χ1n) is 4.98. The van der Waals surface area contributed by atoms with Crippen LogP contribution in [0, 0.1) is 0 Å². The number of nitrogens with zero attached hydrogens (tertiary/aromatic N) is 3. The average molecular weight is 274 g/mol. The molecule has 0 aromatic carbocycles. The second-order valence-corrected chi connectivity index (χ2v) is 3.83. The SMILES string of the molecule is CCN(CCCBr)c1cc(OC)ncn1. The van der Waals surface area contributed by atoms with E-state index in [2.05, 4.69) is 37.7 Å². The van der Waals surface area contributed by atoms with E-state index < -0.39 is 0 Å². The van der Waals surface area contributed by atoms with Gasteiger partial charge in [0.25, 0.3) is 0 Å². The van der Waals surface area contributed by atoms with Gasteiger partial charge in [0.15, 0.2) is 0 Å². The second-order valence-electron chi connectivity index (χ2n) is 3.04. The van der Waals surface area contributed by atoms with Gasteiger partial charge >= 0.3 is 0 Å². The Bertz CT molecular complexity index is 296. The van der Waals surface area contributed by atoms with E-state index in [1.807, 2.05) is 6.07 Å². The highest BCUT2D eigenvalue weighted by molar-refractivity contribution is 9.09. The topological polar surface area (TPSA) is 38.2 Å². The number of alkyl halides is 1. The zero-order valence-electron chi connectivity index (χ0n) is 9.11. The molecule has 0 N–H and O–H groups in total. The highest BCUT2D eigenvalue weighted by atomic mass is 79.9. The lowest BCUT2D eigenvalue weighted by Gasteiger charge is -2.21. The maximum Gasteiger partial charge on any atom is 0.218 e. The predicted octanol–water partition coefficient (Wildman–Crippen LogP) is 2.10. The van der Waals surface area contributed by atoms with Gasteiger partial charge in [-0.05, 0) is 13.3 Å². The molecule has 1 aromatic rings. The van der Waals surface area contributed by atoms with Crippen molar-refractivity contribution in [3.05, 3.63) is 12.4 Å². The molecule has 0 spiro atoms. The Labute approximate surface area is 98.8 Å². The molecular weight excluding hydrogens is 258 g/mol. The zero-order chi connectivity index (χ0) is 11.1. The highest BCUT2D eigenvalue weighted by Gasteiger charge is 2.06. The Kier molecular flexibility index (Phi) is 5.39.